The van der Waals surface area contributed by atoms with Crippen molar-refractivity contribution < 1.29 is 14.3 Å². The molecule has 1 aromatic heterocycles. The van der Waals surface area contributed by atoms with Gasteiger partial charge in [0.15, 0.2) is 0 Å². The molecule has 3 aromatic carbocycles. The highest BCUT2D eigenvalue weighted by Gasteiger charge is 2.26. The highest BCUT2D eigenvalue weighted by atomic mass is 16.5. The van der Waals surface area contributed by atoms with Crippen molar-refractivity contribution >= 4 is 11.7 Å². The number of hydrogen-bond donors (Lipinski definition) is 1. The second-order valence-electron chi connectivity index (χ2n) is 8.12. The van der Waals surface area contributed by atoms with Crippen LogP contribution >= 0.6 is 0 Å². The van der Waals surface area contributed by atoms with Gasteiger partial charge in [0, 0.05) is 18.4 Å². The van der Waals surface area contributed by atoms with Gasteiger partial charge in [0.2, 0.25) is 0 Å². The standard InChI is InChI=1S/C28H29N3O4/c1-5-35-28(33)21-11-15-22(16-12-21)29-26(20-13-17-24(34-4)18-14-20)25-19(2)30(3)31(27(25)32)23-9-7-6-8-10-23/h6-18,26,29H,5H2,1-4H3/t26-/m1/s1. The van der Waals surface area contributed by atoms with Crippen molar-refractivity contribution in [1.82, 2.24) is 9.36 Å². The van der Waals surface area contributed by atoms with E-state index >= 15 is 0 Å². The molecule has 4 aromatic rings. The number of rotatable bonds is 8. The number of methoxy groups -OCH3 is 1. The third kappa shape index (κ3) is 4.84. The molecule has 0 radical (unpaired) electrons. The Balaban J connectivity index is 1.79. The fourth-order valence-corrected chi connectivity index (χ4v) is 4.12. The third-order valence-electron chi connectivity index (χ3n) is 6.04. The Bertz CT molecular complexity index is 1350. The number of nitrogens with zero attached hydrogens (tertiary/aromatic N) is 2. The number of carbonyl (C=O) groups is 1. The van der Waals surface area contributed by atoms with Crippen molar-refractivity contribution in [2.75, 3.05) is 19.0 Å². The molecule has 0 unspecified atom stereocenters. The molecule has 0 amide bonds. The van der Waals surface area contributed by atoms with Gasteiger partial charge in [-0.3, -0.25) is 9.48 Å². The molecule has 1 atom stereocenters. The molecule has 7 heteroatoms. The van der Waals surface area contributed by atoms with E-state index < -0.39 is 6.04 Å². The molecule has 180 valence electrons. The lowest BCUT2D eigenvalue weighted by molar-refractivity contribution is 0.0526. The van der Waals surface area contributed by atoms with Gasteiger partial charge in [-0.15, -0.1) is 0 Å². The number of ether oxygens (including phenoxy) is 2. The van der Waals surface area contributed by atoms with Crippen LogP contribution in [-0.4, -0.2) is 29.0 Å². The van der Waals surface area contributed by atoms with Gasteiger partial charge in [-0.2, -0.15) is 0 Å². The molecule has 1 N–H and O–H groups in total. The van der Waals surface area contributed by atoms with E-state index in [-0.39, 0.29) is 11.5 Å². The smallest absolute Gasteiger partial charge is 0.338 e. The first-order chi connectivity index (χ1) is 16.9. The van der Waals surface area contributed by atoms with Crippen LogP contribution in [-0.2, 0) is 11.8 Å². The summed E-state index contributed by atoms with van der Waals surface area (Å²) in [6, 6.07) is 23.8. The van der Waals surface area contributed by atoms with E-state index in [2.05, 4.69) is 5.32 Å². The molecule has 35 heavy (non-hydrogen) atoms. The number of nitrogens with one attached hydrogen (secondary N) is 1. The minimum atomic E-state index is -0.432. The number of carbonyl (C=O) groups excluding carboxylic acids is 1. The van der Waals surface area contributed by atoms with E-state index in [9.17, 15) is 9.59 Å². The van der Waals surface area contributed by atoms with Crippen LogP contribution in [0.25, 0.3) is 5.69 Å². The van der Waals surface area contributed by atoms with Crippen molar-refractivity contribution in [3.8, 4) is 11.4 Å². The lowest BCUT2D eigenvalue weighted by Gasteiger charge is -2.20. The zero-order valence-corrected chi connectivity index (χ0v) is 20.3. The normalized spacial score (nSPS) is 11.7. The molecule has 0 aliphatic rings. The summed E-state index contributed by atoms with van der Waals surface area (Å²) in [6.07, 6.45) is 0. The first kappa shape index (κ1) is 23.9. The average Bonchev–Trinajstić information content (AvgIpc) is 3.11. The summed E-state index contributed by atoms with van der Waals surface area (Å²) in [5.41, 5.74) is 4.32. The third-order valence-corrected chi connectivity index (χ3v) is 6.04. The highest BCUT2D eigenvalue weighted by Crippen LogP contribution is 2.29. The lowest BCUT2D eigenvalue weighted by Crippen LogP contribution is -2.24. The van der Waals surface area contributed by atoms with Crippen LogP contribution in [0.5, 0.6) is 5.75 Å². The number of benzene rings is 3. The Hall–Kier alpha value is -4.26. The van der Waals surface area contributed by atoms with Gasteiger partial charge in [-0.1, -0.05) is 30.3 Å². The molecular formula is C28H29N3O4. The molecule has 0 aliphatic carbocycles. The Morgan fingerprint density at radius 2 is 1.63 bits per heavy atom. The molecule has 0 saturated heterocycles. The van der Waals surface area contributed by atoms with Gasteiger partial charge in [0.1, 0.15) is 5.75 Å². The molecule has 0 spiro atoms. The molecule has 4 rings (SSSR count). The fourth-order valence-electron chi connectivity index (χ4n) is 4.12. The maximum absolute atomic E-state index is 13.8. The molecular weight excluding hydrogens is 442 g/mol. The quantitative estimate of drug-likeness (QED) is 0.371. The van der Waals surface area contributed by atoms with Crippen molar-refractivity contribution in [2.24, 2.45) is 7.05 Å². The summed E-state index contributed by atoms with van der Waals surface area (Å²) >= 11 is 0. The van der Waals surface area contributed by atoms with Crippen LogP contribution in [0.2, 0.25) is 0 Å². The number of anilines is 1. The van der Waals surface area contributed by atoms with E-state index in [1.165, 1.54) is 0 Å². The number of esters is 1. The zero-order valence-electron chi connectivity index (χ0n) is 20.3. The predicted molar refractivity (Wildman–Crippen MR) is 137 cm³/mol. The van der Waals surface area contributed by atoms with Crippen LogP contribution in [0, 0.1) is 6.92 Å². The lowest BCUT2D eigenvalue weighted by atomic mass is 9.98. The van der Waals surface area contributed by atoms with E-state index in [4.69, 9.17) is 9.47 Å². The Morgan fingerprint density at radius 1 is 0.971 bits per heavy atom. The van der Waals surface area contributed by atoms with Gasteiger partial charge in [-0.25, -0.2) is 9.48 Å². The monoisotopic (exact) mass is 471 g/mol. The maximum atomic E-state index is 13.8. The van der Waals surface area contributed by atoms with Gasteiger partial charge < -0.3 is 14.8 Å². The minimum absolute atomic E-state index is 0.104. The average molecular weight is 472 g/mol. The second kappa shape index (κ2) is 10.3. The second-order valence-corrected chi connectivity index (χ2v) is 8.12. The summed E-state index contributed by atoms with van der Waals surface area (Å²) in [6.45, 7) is 4.04. The van der Waals surface area contributed by atoms with Crippen molar-refractivity contribution in [2.45, 2.75) is 19.9 Å². The van der Waals surface area contributed by atoms with E-state index in [0.717, 1.165) is 28.4 Å². The summed E-state index contributed by atoms with van der Waals surface area (Å²) in [4.78, 5) is 25.8. The first-order valence-corrected chi connectivity index (χ1v) is 11.5. The van der Waals surface area contributed by atoms with Crippen LogP contribution in [0.15, 0.2) is 83.7 Å². The van der Waals surface area contributed by atoms with Gasteiger partial charge in [-0.05, 0) is 67.9 Å². The predicted octanol–water partition coefficient (Wildman–Crippen LogP) is 4.87. The van der Waals surface area contributed by atoms with E-state index in [1.807, 2.05) is 85.4 Å². The van der Waals surface area contributed by atoms with Crippen LogP contribution < -0.4 is 15.6 Å². The largest absolute Gasteiger partial charge is 0.497 e. The molecule has 0 aliphatic heterocycles. The molecule has 0 saturated carbocycles. The van der Waals surface area contributed by atoms with Crippen molar-refractivity contribution in [1.29, 1.82) is 0 Å². The molecule has 7 nitrogen and oxygen atoms in total. The summed E-state index contributed by atoms with van der Waals surface area (Å²) in [7, 11) is 3.50. The first-order valence-electron chi connectivity index (χ1n) is 11.5. The molecule has 0 bridgehead atoms. The Morgan fingerprint density at radius 3 is 2.23 bits per heavy atom. The van der Waals surface area contributed by atoms with Gasteiger partial charge in [0.05, 0.1) is 36.6 Å². The van der Waals surface area contributed by atoms with Crippen molar-refractivity contribution in [3.63, 3.8) is 0 Å². The van der Waals surface area contributed by atoms with E-state index in [1.54, 1.807) is 30.8 Å². The van der Waals surface area contributed by atoms with Crippen LogP contribution in [0.1, 0.15) is 40.1 Å². The summed E-state index contributed by atoms with van der Waals surface area (Å²) < 4.78 is 13.9. The van der Waals surface area contributed by atoms with Crippen LogP contribution in [0.4, 0.5) is 5.69 Å². The minimum Gasteiger partial charge on any atom is -0.497 e. The number of para-hydroxylation sites is 1. The summed E-state index contributed by atoms with van der Waals surface area (Å²) in [5, 5.41) is 3.50. The van der Waals surface area contributed by atoms with E-state index in [0.29, 0.717) is 17.7 Å². The topological polar surface area (TPSA) is 74.5 Å². The highest BCUT2D eigenvalue weighted by molar-refractivity contribution is 5.89. The Kier molecular flexibility index (Phi) is 7.06. The number of aromatic nitrogens is 2. The van der Waals surface area contributed by atoms with Gasteiger partial charge >= 0.3 is 5.97 Å². The maximum Gasteiger partial charge on any atom is 0.338 e. The number of hydrogen-bond acceptors (Lipinski definition) is 5. The SMILES string of the molecule is CCOC(=O)c1ccc(N[C@H](c2ccc(OC)cc2)c2c(C)n(C)n(-c3ccccc3)c2=O)cc1. The van der Waals surface area contributed by atoms with Gasteiger partial charge in [0.25, 0.3) is 5.56 Å². The van der Waals surface area contributed by atoms with Crippen LogP contribution in [0.3, 0.4) is 0 Å². The Labute approximate surface area is 204 Å². The molecule has 0 fully saturated rings. The fraction of sp³-hybridized carbons (Fsp3) is 0.214. The summed E-state index contributed by atoms with van der Waals surface area (Å²) in [5.74, 6) is 0.369. The zero-order chi connectivity index (χ0) is 24.9. The van der Waals surface area contributed by atoms with Crippen molar-refractivity contribution in [3.05, 3.63) is 112 Å². The molecule has 1 heterocycles.